The third kappa shape index (κ3) is 5.78. The molecule has 0 fully saturated rings. The van der Waals surface area contributed by atoms with E-state index in [1.165, 1.54) is 0 Å². The van der Waals surface area contributed by atoms with Gasteiger partial charge in [-0.25, -0.2) is 0 Å². The van der Waals surface area contributed by atoms with Crippen molar-refractivity contribution in [2.45, 2.75) is 12.2 Å². The van der Waals surface area contributed by atoms with Crippen molar-refractivity contribution in [1.82, 2.24) is 0 Å². The van der Waals surface area contributed by atoms with E-state index in [0.717, 1.165) is 0 Å². The Morgan fingerprint density at radius 3 is 1.78 bits per heavy atom. The van der Waals surface area contributed by atoms with Crippen molar-refractivity contribution < 1.29 is 19.7 Å². The minimum Gasteiger partial charge on any atom is -0.491 e. The topological polar surface area (TPSA) is 58.9 Å². The first-order valence-electron chi connectivity index (χ1n) is 5.49. The minimum atomic E-state index is -0.700. The predicted octanol–water partition coefficient (Wildman–Crippen LogP) is 1.64. The number of ether oxygens (including phenoxy) is 2. The summed E-state index contributed by atoms with van der Waals surface area (Å²) in [7, 11) is 0. The molecule has 0 bridgehead atoms. The van der Waals surface area contributed by atoms with E-state index in [-0.39, 0.29) is 25.0 Å². The monoisotopic (exact) mass is 294 g/mol. The molecule has 0 saturated heterocycles. The number of aliphatic hydroxyl groups is 2. The van der Waals surface area contributed by atoms with Gasteiger partial charge in [0.1, 0.15) is 36.9 Å². The van der Waals surface area contributed by atoms with Gasteiger partial charge in [0.15, 0.2) is 0 Å². The van der Waals surface area contributed by atoms with Gasteiger partial charge in [-0.3, -0.25) is 0 Å². The van der Waals surface area contributed by atoms with Gasteiger partial charge in [0.2, 0.25) is 0 Å². The molecule has 2 N–H and O–H groups in total. The molecular formula is C12H16Cl2O4. The molecule has 102 valence electrons. The van der Waals surface area contributed by atoms with Crippen LogP contribution in [0, 0.1) is 0 Å². The van der Waals surface area contributed by atoms with E-state index in [0.29, 0.717) is 11.5 Å². The average molecular weight is 295 g/mol. The molecule has 2 unspecified atom stereocenters. The van der Waals surface area contributed by atoms with Crippen LogP contribution in [0.5, 0.6) is 11.5 Å². The summed E-state index contributed by atoms with van der Waals surface area (Å²) < 4.78 is 10.7. The molecule has 0 radical (unpaired) electrons. The van der Waals surface area contributed by atoms with Crippen LogP contribution in [0.1, 0.15) is 0 Å². The molecule has 0 amide bonds. The van der Waals surface area contributed by atoms with E-state index in [4.69, 9.17) is 32.7 Å². The summed E-state index contributed by atoms with van der Waals surface area (Å²) in [5, 5.41) is 18.5. The van der Waals surface area contributed by atoms with Crippen LogP contribution in [0.3, 0.4) is 0 Å². The van der Waals surface area contributed by atoms with Gasteiger partial charge in [0.05, 0.1) is 11.8 Å². The lowest BCUT2D eigenvalue weighted by Gasteiger charge is -2.12. The van der Waals surface area contributed by atoms with E-state index in [2.05, 4.69) is 0 Å². The molecule has 1 rings (SSSR count). The third-order valence-electron chi connectivity index (χ3n) is 2.05. The maximum atomic E-state index is 9.26. The van der Waals surface area contributed by atoms with Gasteiger partial charge in [-0.2, -0.15) is 0 Å². The summed E-state index contributed by atoms with van der Waals surface area (Å²) in [6, 6.07) is 6.91. The molecule has 18 heavy (non-hydrogen) atoms. The fourth-order valence-corrected chi connectivity index (χ4v) is 1.31. The fraction of sp³-hybridized carbons (Fsp3) is 0.500. The van der Waals surface area contributed by atoms with Gasteiger partial charge in [-0.15, -0.1) is 23.2 Å². The fourth-order valence-electron chi connectivity index (χ4n) is 1.13. The second kappa shape index (κ2) is 8.43. The molecule has 0 aliphatic heterocycles. The molecule has 0 aliphatic rings. The van der Waals surface area contributed by atoms with Crippen LogP contribution in [0.2, 0.25) is 0 Å². The first-order chi connectivity index (χ1) is 8.65. The summed E-state index contributed by atoms with van der Waals surface area (Å²) in [5.74, 6) is 1.38. The van der Waals surface area contributed by atoms with Gasteiger partial charge in [-0.1, -0.05) is 6.07 Å². The van der Waals surface area contributed by atoms with Crippen LogP contribution in [-0.4, -0.2) is 47.4 Å². The zero-order valence-electron chi connectivity index (χ0n) is 9.76. The van der Waals surface area contributed by atoms with Crippen molar-refractivity contribution in [1.29, 1.82) is 0 Å². The Morgan fingerprint density at radius 1 is 0.944 bits per heavy atom. The Kier molecular flexibility index (Phi) is 7.20. The number of benzene rings is 1. The van der Waals surface area contributed by atoms with Crippen LogP contribution >= 0.6 is 23.2 Å². The molecule has 0 aliphatic carbocycles. The molecule has 0 aromatic heterocycles. The van der Waals surface area contributed by atoms with Crippen molar-refractivity contribution in [3.63, 3.8) is 0 Å². The van der Waals surface area contributed by atoms with Crippen LogP contribution in [0.15, 0.2) is 24.3 Å². The molecule has 2 atom stereocenters. The Morgan fingerprint density at radius 2 is 1.39 bits per heavy atom. The summed E-state index contributed by atoms with van der Waals surface area (Å²) in [4.78, 5) is 0. The molecule has 6 heteroatoms. The lowest BCUT2D eigenvalue weighted by atomic mass is 10.3. The summed E-state index contributed by atoms with van der Waals surface area (Å²) in [6.07, 6.45) is -1.40. The van der Waals surface area contributed by atoms with Gasteiger partial charge < -0.3 is 19.7 Å². The molecule has 0 heterocycles. The van der Waals surface area contributed by atoms with E-state index in [9.17, 15) is 10.2 Å². The Labute approximate surface area is 116 Å². The molecule has 4 nitrogen and oxygen atoms in total. The second-order valence-electron chi connectivity index (χ2n) is 3.71. The normalized spacial score (nSPS) is 14.0. The standard InChI is InChI=1S/C12H16Cl2O4/c13-5-9(15)7-17-11-2-1-3-12(4-11)18-8-10(16)6-14/h1-4,9-10,15-16H,5-8H2. The third-order valence-corrected chi connectivity index (χ3v) is 2.76. The highest BCUT2D eigenvalue weighted by Gasteiger charge is 2.06. The molecule has 1 aromatic carbocycles. The minimum absolute atomic E-state index is 0.122. The van der Waals surface area contributed by atoms with Crippen LogP contribution in [0.25, 0.3) is 0 Å². The highest BCUT2D eigenvalue weighted by molar-refractivity contribution is 6.18. The smallest absolute Gasteiger partial charge is 0.123 e. The van der Waals surface area contributed by atoms with Crippen molar-refractivity contribution in [3.8, 4) is 11.5 Å². The van der Waals surface area contributed by atoms with Crippen molar-refractivity contribution in [2.75, 3.05) is 25.0 Å². The Hall–Kier alpha value is -0.680. The first-order valence-corrected chi connectivity index (χ1v) is 6.56. The number of alkyl halides is 2. The number of rotatable bonds is 8. The predicted molar refractivity (Wildman–Crippen MR) is 70.9 cm³/mol. The molecule has 0 saturated carbocycles. The average Bonchev–Trinajstić information content (AvgIpc) is 2.42. The maximum absolute atomic E-state index is 9.26. The van der Waals surface area contributed by atoms with Crippen LogP contribution in [0.4, 0.5) is 0 Å². The molecular weight excluding hydrogens is 279 g/mol. The number of aliphatic hydroxyl groups excluding tert-OH is 2. The summed E-state index contributed by atoms with van der Waals surface area (Å²) >= 11 is 10.9. The first kappa shape index (κ1) is 15.4. The highest BCUT2D eigenvalue weighted by atomic mass is 35.5. The Balaban J connectivity index is 2.46. The summed E-state index contributed by atoms with van der Waals surface area (Å²) in [5.41, 5.74) is 0. The zero-order valence-corrected chi connectivity index (χ0v) is 11.3. The number of hydrogen-bond acceptors (Lipinski definition) is 4. The Bertz CT molecular complexity index is 319. The van der Waals surface area contributed by atoms with E-state index >= 15 is 0 Å². The SMILES string of the molecule is OC(CCl)COc1cccc(OCC(O)CCl)c1. The molecule has 1 aromatic rings. The second-order valence-corrected chi connectivity index (χ2v) is 4.33. The van der Waals surface area contributed by atoms with Crippen molar-refractivity contribution in [2.24, 2.45) is 0 Å². The summed E-state index contributed by atoms with van der Waals surface area (Å²) in [6.45, 7) is 0.245. The lowest BCUT2D eigenvalue weighted by Crippen LogP contribution is -2.19. The highest BCUT2D eigenvalue weighted by Crippen LogP contribution is 2.19. The lowest BCUT2D eigenvalue weighted by molar-refractivity contribution is 0.121. The quantitative estimate of drug-likeness (QED) is 0.716. The van der Waals surface area contributed by atoms with Crippen molar-refractivity contribution in [3.05, 3.63) is 24.3 Å². The van der Waals surface area contributed by atoms with Crippen molar-refractivity contribution >= 4 is 23.2 Å². The molecule has 0 spiro atoms. The maximum Gasteiger partial charge on any atom is 0.123 e. The van der Waals surface area contributed by atoms with Crippen LogP contribution in [-0.2, 0) is 0 Å². The largest absolute Gasteiger partial charge is 0.491 e. The van der Waals surface area contributed by atoms with E-state index in [1.54, 1.807) is 24.3 Å². The zero-order chi connectivity index (χ0) is 13.4. The number of halogens is 2. The van der Waals surface area contributed by atoms with E-state index in [1.807, 2.05) is 0 Å². The van der Waals surface area contributed by atoms with Gasteiger partial charge >= 0.3 is 0 Å². The van der Waals surface area contributed by atoms with Crippen LogP contribution < -0.4 is 9.47 Å². The van der Waals surface area contributed by atoms with Gasteiger partial charge in [0, 0.05) is 6.07 Å². The van der Waals surface area contributed by atoms with Gasteiger partial charge in [0.25, 0.3) is 0 Å². The van der Waals surface area contributed by atoms with E-state index < -0.39 is 12.2 Å². The number of hydrogen-bond donors (Lipinski definition) is 2. The van der Waals surface area contributed by atoms with Gasteiger partial charge in [-0.05, 0) is 12.1 Å².